The molecule has 0 bridgehead atoms. The molecule has 0 atom stereocenters. The molecule has 3 aromatic rings. The van der Waals surface area contributed by atoms with Crippen LogP contribution in [-0.2, 0) is 6.42 Å². The Labute approximate surface area is 115 Å². The second-order valence-corrected chi connectivity index (χ2v) is 4.64. The molecule has 4 nitrogen and oxygen atoms in total. The summed E-state index contributed by atoms with van der Waals surface area (Å²) in [4.78, 5) is 10.2. The van der Waals surface area contributed by atoms with Gasteiger partial charge in [-0.3, -0.25) is 4.98 Å². The molecule has 0 unspecified atom stereocenters. The van der Waals surface area contributed by atoms with E-state index in [9.17, 15) is 4.39 Å². The van der Waals surface area contributed by atoms with Crippen molar-refractivity contribution in [2.75, 3.05) is 18.5 Å². The molecule has 1 aromatic carbocycles. The fourth-order valence-electron chi connectivity index (χ4n) is 1.99. The fraction of sp³-hybridized carbons (Fsp3) is 0.200. The Bertz CT molecular complexity index is 711. The Morgan fingerprint density at radius 1 is 1.20 bits per heavy atom. The molecular weight excluding hydrogens is 257 g/mol. The van der Waals surface area contributed by atoms with Crippen molar-refractivity contribution in [1.82, 2.24) is 9.97 Å². The van der Waals surface area contributed by atoms with Gasteiger partial charge in [0.25, 0.3) is 6.01 Å². The summed E-state index contributed by atoms with van der Waals surface area (Å²) in [6.07, 6.45) is 4.42. The molecule has 0 aliphatic carbocycles. The zero-order chi connectivity index (χ0) is 13.9. The van der Waals surface area contributed by atoms with E-state index >= 15 is 0 Å². The maximum Gasteiger partial charge on any atom is 0.298 e. The van der Waals surface area contributed by atoms with Crippen LogP contribution >= 0.6 is 0 Å². The summed E-state index contributed by atoms with van der Waals surface area (Å²) in [7, 11) is 1.91. The summed E-state index contributed by atoms with van der Waals surface area (Å²) in [5.74, 6) is -0.320. The summed E-state index contributed by atoms with van der Waals surface area (Å²) in [5.41, 5.74) is 2.34. The molecule has 0 saturated carbocycles. The van der Waals surface area contributed by atoms with Gasteiger partial charge in [-0.1, -0.05) is 0 Å². The molecule has 0 fully saturated rings. The molecule has 3 rings (SSSR count). The summed E-state index contributed by atoms with van der Waals surface area (Å²) < 4.78 is 18.7. The van der Waals surface area contributed by atoms with Crippen LogP contribution in [0.1, 0.15) is 5.56 Å². The maximum absolute atomic E-state index is 13.1. The lowest BCUT2D eigenvalue weighted by Gasteiger charge is -2.13. The number of fused-ring (bicyclic) bond motifs is 1. The number of aromatic nitrogens is 2. The van der Waals surface area contributed by atoms with E-state index in [0.29, 0.717) is 17.1 Å². The highest BCUT2D eigenvalue weighted by Crippen LogP contribution is 2.22. The van der Waals surface area contributed by atoms with Crippen LogP contribution in [-0.4, -0.2) is 23.6 Å². The monoisotopic (exact) mass is 271 g/mol. The second-order valence-electron chi connectivity index (χ2n) is 4.64. The van der Waals surface area contributed by atoms with Crippen LogP contribution < -0.4 is 4.90 Å². The number of nitrogens with zero attached hydrogens (tertiary/aromatic N) is 3. The van der Waals surface area contributed by atoms with Crippen molar-refractivity contribution in [3.05, 3.63) is 54.1 Å². The molecule has 5 heteroatoms. The Hall–Kier alpha value is -2.43. The van der Waals surface area contributed by atoms with E-state index in [1.807, 2.05) is 24.1 Å². The van der Waals surface area contributed by atoms with Gasteiger partial charge >= 0.3 is 0 Å². The van der Waals surface area contributed by atoms with Gasteiger partial charge < -0.3 is 9.32 Å². The number of pyridine rings is 1. The van der Waals surface area contributed by atoms with E-state index in [4.69, 9.17) is 4.42 Å². The molecule has 0 saturated heterocycles. The number of anilines is 1. The highest BCUT2D eigenvalue weighted by Gasteiger charge is 2.10. The van der Waals surface area contributed by atoms with Crippen LogP contribution in [0.15, 0.2) is 47.1 Å². The van der Waals surface area contributed by atoms with Crippen molar-refractivity contribution in [3.8, 4) is 0 Å². The first kappa shape index (κ1) is 12.6. The number of halogens is 1. The number of oxazole rings is 1. The Morgan fingerprint density at radius 3 is 2.80 bits per heavy atom. The summed E-state index contributed by atoms with van der Waals surface area (Å²) in [6, 6.07) is 8.81. The van der Waals surface area contributed by atoms with Gasteiger partial charge in [0, 0.05) is 32.1 Å². The van der Waals surface area contributed by atoms with Gasteiger partial charge in [0.05, 0.1) is 0 Å². The molecule has 20 heavy (non-hydrogen) atoms. The summed E-state index contributed by atoms with van der Waals surface area (Å²) in [6.45, 7) is 0.763. The molecule has 0 amide bonds. The highest BCUT2D eigenvalue weighted by atomic mass is 19.1. The third-order valence-electron chi connectivity index (χ3n) is 3.15. The van der Waals surface area contributed by atoms with E-state index < -0.39 is 0 Å². The van der Waals surface area contributed by atoms with Crippen molar-refractivity contribution < 1.29 is 8.81 Å². The van der Waals surface area contributed by atoms with E-state index in [0.717, 1.165) is 13.0 Å². The molecule has 0 spiro atoms. The SMILES string of the molecule is CN(CCc1ccncc1)c1nc2ccc(F)cc2o1. The minimum absolute atomic E-state index is 0.320. The average molecular weight is 271 g/mol. The lowest BCUT2D eigenvalue weighted by atomic mass is 10.2. The smallest absolute Gasteiger partial charge is 0.298 e. The zero-order valence-electron chi connectivity index (χ0n) is 11.1. The first-order valence-corrected chi connectivity index (χ1v) is 6.38. The van der Waals surface area contributed by atoms with Crippen molar-refractivity contribution >= 4 is 17.1 Å². The van der Waals surface area contributed by atoms with Gasteiger partial charge in [0.1, 0.15) is 11.3 Å². The van der Waals surface area contributed by atoms with E-state index in [1.165, 1.54) is 17.7 Å². The van der Waals surface area contributed by atoms with Crippen molar-refractivity contribution in [1.29, 1.82) is 0 Å². The lowest BCUT2D eigenvalue weighted by Crippen LogP contribution is -2.20. The standard InChI is InChI=1S/C15H14FN3O/c1-19(9-6-11-4-7-17-8-5-11)15-18-13-3-2-12(16)10-14(13)20-15/h2-5,7-8,10H,6,9H2,1H3. The minimum Gasteiger partial charge on any atom is -0.423 e. The second kappa shape index (κ2) is 5.28. The van der Waals surface area contributed by atoms with Crippen LogP contribution in [0.5, 0.6) is 0 Å². The molecule has 0 aliphatic heterocycles. The lowest BCUT2D eigenvalue weighted by molar-refractivity contribution is 0.576. The number of hydrogen-bond acceptors (Lipinski definition) is 4. The van der Waals surface area contributed by atoms with Crippen molar-refractivity contribution in [3.63, 3.8) is 0 Å². The molecular formula is C15H14FN3O. The molecule has 0 aliphatic rings. The number of hydrogen-bond donors (Lipinski definition) is 0. The minimum atomic E-state index is -0.320. The average Bonchev–Trinajstić information content (AvgIpc) is 2.89. The van der Waals surface area contributed by atoms with Crippen LogP contribution in [0.3, 0.4) is 0 Å². The van der Waals surface area contributed by atoms with E-state index in [2.05, 4.69) is 9.97 Å². The summed E-state index contributed by atoms with van der Waals surface area (Å²) in [5, 5.41) is 0. The third kappa shape index (κ3) is 2.61. The largest absolute Gasteiger partial charge is 0.423 e. The van der Waals surface area contributed by atoms with Crippen molar-refractivity contribution in [2.24, 2.45) is 0 Å². The molecule has 2 heterocycles. The Balaban J connectivity index is 1.73. The number of benzene rings is 1. The molecule has 0 N–H and O–H groups in total. The van der Waals surface area contributed by atoms with Gasteiger partial charge in [-0.15, -0.1) is 0 Å². The Kier molecular flexibility index (Phi) is 3.33. The first-order chi connectivity index (χ1) is 9.72. The highest BCUT2D eigenvalue weighted by molar-refractivity contribution is 5.74. The summed E-state index contributed by atoms with van der Waals surface area (Å²) >= 11 is 0. The van der Waals surface area contributed by atoms with Crippen LogP contribution in [0.25, 0.3) is 11.1 Å². The Morgan fingerprint density at radius 2 is 2.00 bits per heavy atom. The molecule has 102 valence electrons. The zero-order valence-corrected chi connectivity index (χ0v) is 11.1. The number of likely N-dealkylation sites (N-methyl/N-ethyl adjacent to an activating group) is 1. The van der Waals surface area contributed by atoms with Crippen LogP contribution in [0.4, 0.5) is 10.4 Å². The van der Waals surface area contributed by atoms with Crippen LogP contribution in [0, 0.1) is 5.82 Å². The predicted molar refractivity (Wildman–Crippen MR) is 75.2 cm³/mol. The molecule has 2 aromatic heterocycles. The van der Waals surface area contributed by atoms with E-state index in [1.54, 1.807) is 18.5 Å². The normalized spacial score (nSPS) is 10.9. The number of rotatable bonds is 4. The first-order valence-electron chi connectivity index (χ1n) is 6.38. The van der Waals surface area contributed by atoms with Gasteiger partial charge in [-0.2, -0.15) is 4.98 Å². The topological polar surface area (TPSA) is 42.2 Å². The van der Waals surface area contributed by atoms with E-state index in [-0.39, 0.29) is 5.82 Å². The third-order valence-corrected chi connectivity index (χ3v) is 3.15. The molecule has 0 radical (unpaired) electrons. The van der Waals surface area contributed by atoms with Gasteiger partial charge in [0.2, 0.25) is 0 Å². The van der Waals surface area contributed by atoms with Gasteiger partial charge in [-0.25, -0.2) is 4.39 Å². The maximum atomic E-state index is 13.1. The quantitative estimate of drug-likeness (QED) is 0.731. The fourth-order valence-corrected chi connectivity index (χ4v) is 1.99. The van der Waals surface area contributed by atoms with Crippen LogP contribution in [0.2, 0.25) is 0 Å². The van der Waals surface area contributed by atoms with Gasteiger partial charge in [-0.05, 0) is 36.2 Å². The van der Waals surface area contributed by atoms with Crippen molar-refractivity contribution in [2.45, 2.75) is 6.42 Å². The predicted octanol–water partition coefficient (Wildman–Crippen LogP) is 3.04. The van der Waals surface area contributed by atoms with Gasteiger partial charge in [0.15, 0.2) is 5.58 Å².